The Balaban J connectivity index is 2.98. The quantitative estimate of drug-likeness (QED) is 0.828. The predicted octanol–water partition coefficient (Wildman–Crippen LogP) is 1.46. The highest BCUT2D eigenvalue weighted by Crippen LogP contribution is 2.10. The van der Waals surface area contributed by atoms with Crippen LogP contribution in [0.5, 0.6) is 0 Å². The van der Waals surface area contributed by atoms with Gasteiger partial charge in [-0.2, -0.15) is 0 Å². The zero-order chi connectivity index (χ0) is 10.8. The van der Waals surface area contributed by atoms with E-state index >= 15 is 0 Å². The maximum Gasteiger partial charge on any atom is 0.233 e. The zero-order valence-corrected chi connectivity index (χ0v) is 9.35. The van der Waals surface area contributed by atoms with Crippen molar-refractivity contribution in [1.29, 1.82) is 0 Å². The third kappa shape index (κ3) is 2.99. The molecule has 4 nitrogen and oxygen atoms in total. The largest absolute Gasteiger partial charge is 0.267 e. The fourth-order valence-electron chi connectivity index (χ4n) is 1.13. The molecule has 5 heteroatoms. The van der Waals surface area contributed by atoms with Crippen LogP contribution in [-0.2, 0) is 10.0 Å². The molecule has 0 unspecified atom stereocenters. The maximum absolute atomic E-state index is 11.2. The molecule has 0 aliphatic carbocycles. The monoisotopic (exact) mass is 214 g/mol. The second kappa shape index (κ2) is 3.96. The topological polar surface area (TPSA) is 59.1 Å². The number of rotatable bonds is 3. The second-order valence-corrected chi connectivity index (χ2v) is 5.19. The van der Waals surface area contributed by atoms with E-state index < -0.39 is 10.0 Å². The minimum absolute atomic E-state index is 0.0572. The number of aryl methyl sites for hydroxylation is 2. The number of hydrogen-bond donors (Lipinski definition) is 1. The number of aromatic nitrogens is 1. The Morgan fingerprint density at radius 3 is 2.50 bits per heavy atom. The van der Waals surface area contributed by atoms with Crippen molar-refractivity contribution >= 4 is 15.8 Å². The van der Waals surface area contributed by atoms with E-state index in [1.807, 2.05) is 19.9 Å². The number of pyridine rings is 1. The Hall–Kier alpha value is -1.10. The molecule has 0 bridgehead atoms. The smallest absolute Gasteiger partial charge is 0.233 e. The number of sulfonamides is 1. The number of nitrogens with one attached hydrogen (secondary N) is 1. The van der Waals surface area contributed by atoms with E-state index in [-0.39, 0.29) is 5.75 Å². The van der Waals surface area contributed by atoms with Crippen LogP contribution >= 0.6 is 0 Å². The Morgan fingerprint density at radius 2 is 2.00 bits per heavy atom. The SMILES string of the molecule is CCS(=O)(=O)Nc1cc(C)cc(C)n1. The highest BCUT2D eigenvalue weighted by Gasteiger charge is 2.07. The van der Waals surface area contributed by atoms with E-state index in [0.29, 0.717) is 5.82 Å². The summed E-state index contributed by atoms with van der Waals surface area (Å²) < 4.78 is 24.9. The molecule has 0 amide bonds. The van der Waals surface area contributed by atoms with Crippen molar-refractivity contribution in [3.63, 3.8) is 0 Å². The van der Waals surface area contributed by atoms with Gasteiger partial charge in [-0.3, -0.25) is 4.72 Å². The summed E-state index contributed by atoms with van der Waals surface area (Å²) in [4.78, 5) is 4.08. The van der Waals surface area contributed by atoms with Gasteiger partial charge in [0.2, 0.25) is 10.0 Å². The normalized spacial score (nSPS) is 11.4. The van der Waals surface area contributed by atoms with Gasteiger partial charge in [0.05, 0.1) is 5.75 Å². The third-order valence-electron chi connectivity index (χ3n) is 1.74. The Kier molecular flexibility index (Phi) is 3.10. The molecule has 0 aliphatic heterocycles. The number of nitrogens with zero attached hydrogens (tertiary/aromatic N) is 1. The lowest BCUT2D eigenvalue weighted by Crippen LogP contribution is -2.15. The Morgan fingerprint density at radius 1 is 1.36 bits per heavy atom. The minimum atomic E-state index is -3.22. The molecule has 1 aromatic heterocycles. The molecule has 1 rings (SSSR count). The summed E-state index contributed by atoms with van der Waals surface area (Å²) in [5, 5.41) is 0. The van der Waals surface area contributed by atoms with Crippen LogP contribution in [0.25, 0.3) is 0 Å². The molecule has 0 fully saturated rings. The lowest BCUT2D eigenvalue weighted by Gasteiger charge is -2.06. The average Bonchev–Trinajstić information content (AvgIpc) is 2.01. The minimum Gasteiger partial charge on any atom is -0.267 e. The van der Waals surface area contributed by atoms with Gasteiger partial charge >= 0.3 is 0 Å². The van der Waals surface area contributed by atoms with Gasteiger partial charge in [-0.25, -0.2) is 13.4 Å². The van der Waals surface area contributed by atoms with E-state index in [9.17, 15) is 8.42 Å². The molecule has 1 aromatic rings. The fraction of sp³-hybridized carbons (Fsp3) is 0.444. The van der Waals surface area contributed by atoms with Crippen molar-refractivity contribution in [2.45, 2.75) is 20.8 Å². The molecule has 0 spiro atoms. The Bertz CT molecular complexity index is 406. The van der Waals surface area contributed by atoms with Crippen molar-refractivity contribution in [3.8, 4) is 0 Å². The summed E-state index contributed by atoms with van der Waals surface area (Å²) in [6.45, 7) is 5.32. The van der Waals surface area contributed by atoms with E-state index in [4.69, 9.17) is 0 Å². The molecule has 0 aromatic carbocycles. The van der Waals surface area contributed by atoms with Crippen LogP contribution in [0.1, 0.15) is 18.2 Å². The van der Waals surface area contributed by atoms with E-state index in [1.54, 1.807) is 13.0 Å². The van der Waals surface area contributed by atoms with E-state index in [1.165, 1.54) is 0 Å². The molecule has 1 heterocycles. The van der Waals surface area contributed by atoms with Crippen molar-refractivity contribution in [2.75, 3.05) is 10.5 Å². The zero-order valence-electron chi connectivity index (χ0n) is 8.53. The molecule has 0 aliphatic rings. The third-order valence-corrected chi connectivity index (χ3v) is 3.02. The van der Waals surface area contributed by atoms with Gasteiger partial charge < -0.3 is 0 Å². The van der Waals surface area contributed by atoms with Crippen LogP contribution in [0.3, 0.4) is 0 Å². The first-order chi connectivity index (χ1) is 6.43. The summed E-state index contributed by atoms with van der Waals surface area (Å²) >= 11 is 0. The Labute approximate surface area is 84.4 Å². The van der Waals surface area contributed by atoms with Gasteiger partial charge in [0.15, 0.2) is 0 Å². The molecule has 78 valence electrons. The highest BCUT2D eigenvalue weighted by atomic mass is 32.2. The fourth-order valence-corrected chi connectivity index (χ4v) is 1.69. The van der Waals surface area contributed by atoms with Crippen LogP contribution in [0.15, 0.2) is 12.1 Å². The first kappa shape index (κ1) is 11.0. The van der Waals surface area contributed by atoms with Crippen LogP contribution in [-0.4, -0.2) is 19.2 Å². The van der Waals surface area contributed by atoms with Gasteiger partial charge in [-0.15, -0.1) is 0 Å². The summed E-state index contributed by atoms with van der Waals surface area (Å²) in [6.07, 6.45) is 0. The van der Waals surface area contributed by atoms with Crippen molar-refractivity contribution in [2.24, 2.45) is 0 Å². The van der Waals surface area contributed by atoms with Crippen LogP contribution in [0.4, 0.5) is 5.82 Å². The molecular weight excluding hydrogens is 200 g/mol. The van der Waals surface area contributed by atoms with Crippen LogP contribution in [0, 0.1) is 13.8 Å². The highest BCUT2D eigenvalue weighted by molar-refractivity contribution is 7.92. The van der Waals surface area contributed by atoms with Crippen molar-refractivity contribution in [3.05, 3.63) is 23.4 Å². The van der Waals surface area contributed by atoms with Crippen molar-refractivity contribution < 1.29 is 8.42 Å². The van der Waals surface area contributed by atoms with Crippen molar-refractivity contribution in [1.82, 2.24) is 4.98 Å². The summed E-state index contributed by atoms with van der Waals surface area (Å²) in [6, 6.07) is 3.60. The lowest BCUT2D eigenvalue weighted by molar-refractivity contribution is 0.602. The van der Waals surface area contributed by atoms with Gasteiger partial charge in [0.1, 0.15) is 5.82 Å². The van der Waals surface area contributed by atoms with Gasteiger partial charge in [-0.05, 0) is 38.5 Å². The van der Waals surface area contributed by atoms with E-state index in [0.717, 1.165) is 11.3 Å². The molecule has 0 radical (unpaired) electrons. The lowest BCUT2D eigenvalue weighted by atomic mass is 10.2. The van der Waals surface area contributed by atoms with E-state index in [2.05, 4.69) is 9.71 Å². The second-order valence-electron chi connectivity index (χ2n) is 3.18. The standard InChI is InChI=1S/C9H14N2O2S/c1-4-14(12,13)11-9-6-7(2)5-8(3)10-9/h5-6H,4H2,1-3H3,(H,10,11). The van der Waals surface area contributed by atoms with Gasteiger partial charge in [0, 0.05) is 5.69 Å². The molecule has 0 atom stereocenters. The maximum atomic E-state index is 11.2. The molecule has 0 saturated carbocycles. The first-order valence-corrected chi connectivity index (χ1v) is 6.04. The van der Waals surface area contributed by atoms with Crippen LogP contribution in [0.2, 0.25) is 0 Å². The van der Waals surface area contributed by atoms with Crippen LogP contribution < -0.4 is 4.72 Å². The van der Waals surface area contributed by atoms with Gasteiger partial charge in [0.25, 0.3) is 0 Å². The first-order valence-electron chi connectivity index (χ1n) is 4.39. The molecule has 0 saturated heterocycles. The summed E-state index contributed by atoms with van der Waals surface area (Å²) in [7, 11) is -3.22. The average molecular weight is 214 g/mol. The predicted molar refractivity (Wildman–Crippen MR) is 56.8 cm³/mol. The number of anilines is 1. The molecule has 1 N–H and O–H groups in total. The summed E-state index contributed by atoms with van der Waals surface area (Å²) in [5.74, 6) is 0.450. The number of hydrogen-bond acceptors (Lipinski definition) is 3. The molecule has 14 heavy (non-hydrogen) atoms. The van der Waals surface area contributed by atoms with Gasteiger partial charge in [-0.1, -0.05) is 0 Å². The summed E-state index contributed by atoms with van der Waals surface area (Å²) in [5.41, 5.74) is 1.80. The molecular formula is C9H14N2O2S.